The summed E-state index contributed by atoms with van der Waals surface area (Å²) in [5.74, 6) is 0.199. The van der Waals surface area contributed by atoms with Crippen LogP contribution >= 0.6 is 23.2 Å². The van der Waals surface area contributed by atoms with Crippen LogP contribution in [0.2, 0.25) is 10.0 Å². The minimum absolute atomic E-state index is 0.0643. The van der Waals surface area contributed by atoms with Crippen molar-refractivity contribution in [2.45, 2.75) is 32.9 Å². The van der Waals surface area contributed by atoms with E-state index >= 15 is 0 Å². The van der Waals surface area contributed by atoms with Crippen molar-refractivity contribution in [3.05, 3.63) is 58.1 Å². The molecule has 1 N–H and O–H groups in total. The number of hydrogen-bond acceptors (Lipinski definition) is 4. The summed E-state index contributed by atoms with van der Waals surface area (Å²) in [4.78, 5) is 14.5. The van der Waals surface area contributed by atoms with Gasteiger partial charge in [0.05, 0.1) is 17.0 Å². The van der Waals surface area contributed by atoms with Crippen molar-refractivity contribution in [3.8, 4) is 5.75 Å². The summed E-state index contributed by atoms with van der Waals surface area (Å²) in [6.45, 7) is 4.18. The molecule has 1 atom stereocenters. The lowest BCUT2D eigenvalue weighted by atomic mass is 10.1. The Balaban J connectivity index is 2.22. The molecule has 0 fully saturated rings. The Morgan fingerprint density at radius 3 is 2.54 bits per heavy atom. The third-order valence-corrected chi connectivity index (χ3v) is 5.10. The van der Waals surface area contributed by atoms with E-state index in [0.717, 1.165) is 18.2 Å². The summed E-state index contributed by atoms with van der Waals surface area (Å²) in [6, 6.07) is 11.1. The fraction of sp³-hybridized carbons (Fsp3) is 0.316. The zero-order valence-corrected chi connectivity index (χ0v) is 18.1. The van der Waals surface area contributed by atoms with Crippen molar-refractivity contribution >= 4 is 45.0 Å². The van der Waals surface area contributed by atoms with Gasteiger partial charge in [-0.1, -0.05) is 42.3 Å². The summed E-state index contributed by atoms with van der Waals surface area (Å²) in [6.07, 6.45) is 1.72. The summed E-state index contributed by atoms with van der Waals surface area (Å²) in [7, 11) is -3.63. The van der Waals surface area contributed by atoms with E-state index in [4.69, 9.17) is 27.4 Å². The maximum absolute atomic E-state index is 12.9. The van der Waals surface area contributed by atoms with Gasteiger partial charge in [-0.25, -0.2) is 4.79 Å². The average Bonchev–Trinajstić information content (AvgIpc) is 2.60. The Bertz CT molecular complexity index is 951. The fourth-order valence-electron chi connectivity index (χ4n) is 2.49. The first kappa shape index (κ1) is 22.3. The molecule has 2 aromatic carbocycles. The second kappa shape index (κ2) is 9.49. The van der Waals surface area contributed by atoms with Gasteiger partial charge >= 0.3 is 16.1 Å². The van der Waals surface area contributed by atoms with E-state index in [1.54, 1.807) is 47.4 Å². The zero-order valence-electron chi connectivity index (χ0n) is 15.8. The maximum Gasteiger partial charge on any atom is 0.322 e. The fourth-order valence-corrected chi connectivity index (χ4v) is 3.40. The number of carbonyl (C=O) groups is 1. The Morgan fingerprint density at radius 1 is 1.21 bits per heavy atom. The largest absolute Gasteiger partial charge is 0.383 e. The molecule has 9 heteroatoms. The third kappa shape index (κ3) is 6.58. The molecule has 0 heterocycles. The Kier molecular flexibility index (Phi) is 7.57. The Hall–Kier alpha value is -1.96. The predicted octanol–water partition coefficient (Wildman–Crippen LogP) is 5.16. The Morgan fingerprint density at radius 2 is 1.93 bits per heavy atom. The molecule has 0 saturated carbocycles. The summed E-state index contributed by atoms with van der Waals surface area (Å²) in [5, 5.41) is 3.61. The van der Waals surface area contributed by atoms with Gasteiger partial charge in [0.15, 0.2) is 0 Å². The number of rotatable bonds is 7. The second-order valence-electron chi connectivity index (χ2n) is 6.37. The highest BCUT2D eigenvalue weighted by molar-refractivity contribution is 7.86. The highest BCUT2D eigenvalue weighted by atomic mass is 35.5. The van der Waals surface area contributed by atoms with Gasteiger partial charge in [-0.3, -0.25) is 0 Å². The van der Waals surface area contributed by atoms with Crippen molar-refractivity contribution in [1.82, 2.24) is 4.90 Å². The summed E-state index contributed by atoms with van der Waals surface area (Å²) < 4.78 is 27.6. The van der Waals surface area contributed by atoms with Crippen LogP contribution in [0.4, 0.5) is 10.5 Å². The summed E-state index contributed by atoms with van der Waals surface area (Å²) >= 11 is 12.0. The topological polar surface area (TPSA) is 75.7 Å². The van der Waals surface area contributed by atoms with Crippen molar-refractivity contribution < 1.29 is 17.4 Å². The maximum atomic E-state index is 12.9. The van der Waals surface area contributed by atoms with Gasteiger partial charge in [0.25, 0.3) is 0 Å². The molecule has 28 heavy (non-hydrogen) atoms. The van der Waals surface area contributed by atoms with Crippen LogP contribution in [0.25, 0.3) is 0 Å². The molecule has 0 aliphatic carbocycles. The van der Waals surface area contributed by atoms with E-state index in [1.165, 1.54) is 0 Å². The van der Waals surface area contributed by atoms with E-state index in [1.807, 2.05) is 13.8 Å². The first-order valence-electron chi connectivity index (χ1n) is 8.60. The number of nitrogens with one attached hydrogen (secondary N) is 1. The van der Waals surface area contributed by atoms with Crippen LogP contribution in [0, 0.1) is 0 Å². The highest BCUT2D eigenvalue weighted by Gasteiger charge is 2.20. The van der Waals surface area contributed by atoms with Gasteiger partial charge in [0, 0.05) is 17.6 Å². The minimum Gasteiger partial charge on any atom is -0.383 e. The SMILES string of the molecule is CC[C@@H](C)N(Cc1cccc(OS(C)(=O)=O)c1)C(=O)Nc1ccc(Cl)cc1Cl. The normalized spacial score (nSPS) is 12.3. The first-order valence-corrected chi connectivity index (χ1v) is 11.2. The van der Waals surface area contributed by atoms with Crippen molar-refractivity contribution in [2.24, 2.45) is 0 Å². The van der Waals surface area contributed by atoms with Crippen molar-refractivity contribution in [1.29, 1.82) is 0 Å². The highest BCUT2D eigenvalue weighted by Crippen LogP contribution is 2.26. The van der Waals surface area contributed by atoms with E-state index in [2.05, 4.69) is 5.32 Å². The molecule has 2 aromatic rings. The molecule has 0 bridgehead atoms. The van der Waals surface area contributed by atoms with Crippen LogP contribution in [0.5, 0.6) is 5.75 Å². The molecule has 0 saturated heterocycles. The summed E-state index contributed by atoms with van der Waals surface area (Å²) in [5.41, 5.74) is 1.19. The first-order chi connectivity index (χ1) is 13.1. The molecule has 2 rings (SSSR count). The van der Waals surface area contributed by atoms with E-state index in [-0.39, 0.29) is 24.4 Å². The molecular weight excluding hydrogens is 423 g/mol. The average molecular weight is 445 g/mol. The number of carbonyl (C=O) groups excluding carboxylic acids is 1. The van der Waals surface area contributed by atoms with E-state index in [0.29, 0.717) is 15.7 Å². The lowest BCUT2D eigenvalue weighted by molar-refractivity contribution is 0.187. The van der Waals surface area contributed by atoms with Crippen LogP contribution < -0.4 is 9.50 Å². The van der Waals surface area contributed by atoms with Gasteiger partial charge in [0.2, 0.25) is 0 Å². The van der Waals surface area contributed by atoms with Crippen molar-refractivity contribution in [2.75, 3.05) is 11.6 Å². The molecular formula is C19H22Cl2N2O4S. The molecule has 0 spiro atoms. The Labute approximate surface area is 175 Å². The van der Waals surface area contributed by atoms with Crippen LogP contribution in [-0.2, 0) is 16.7 Å². The predicted molar refractivity (Wildman–Crippen MR) is 113 cm³/mol. The second-order valence-corrected chi connectivity index (χ2v) is 8.79. The van der Waals surface area contributed by atoms with Crippen molar-refractivity contribution in [3.63, 3.8) is 0 Å². The molecule has 0 aliphatic heterocycles. The lowest BCUT2D eigenvalue weighted by Gasteiger charge is -2.29. The number of nitrogens with zero attached hydrogens (tertiary/aromatic N) is 1. The lowest BCUT2D eigenvalue weighted by Crippen LogP contribution is -2.40. The molecule has 0 aromatic heterocycles. The number of benzene rings is 2. The number of amides is 2. The van der Waals surface area contributed by atoms with E-state index < -0.39 is 10.1 Å². The molecule has 0 aliphatic rings. The molecule has 0 radical (unpaired) electrons. The molecule has 0 unspecified atom stereocenters. The van der Waals surface area contributed by atoms with Gasteiger partial charge in [-0.2, -0.15) is 8.42 Å². The molecule has 2 amide bonds. The van der Waals surface area contributed by atoms with E-state index in [9.17, 15) is 13.2 Å². The van der Waals surface area contributed by atoms with Crippen LogP contribution in [0.1, 0.15) is 25.8 Å². The van der Waals surface area contributed by atoms with Gasteiger partial charge < -0.3 is 14.4 Å². The third-order valence-electron chi connectivity index (χ3n) is 4.06. The number of anilines is 1. The minimum atomic E-state index is -3.63. The quantitative estimate of drug-likeness (QED) is 0.597. The van der Waals surface area contributed by atoms with Crippen LogP contribution in [0.15, 0.2) is 42.5 Å². The van der Waals surface area contributed by atoms with Crippen LogP contribution in [0.3, 0.4) is 0 Å². The smallest absolute Gasteiger partial charge is 0.322 e. The monoisotopic (exact) mass is 444 g/mol. The number of hydrogen-bond donors (Lipinski definition) is 1. The van der Waals surface area contributed by atoms with Gasteiger partial charge in [-0.05, 0) is 49.2 Å². The van der Waals surface area contributed by atoms with Gasteiger partial charge in [0.1, 0.15) is 5.75 Å². The zero-order chi connectivity index (χ0) is 20.9. The van der Waals surface area contributed by atoms with Crippen LogP contribution in [-0.4, -0.2) is 31.6 Å². The molecule has 6 nitrogen and oxygen atoms in total. The number of halogens is 2. The molecule has 152 valence electrons. The van der Waals surface area contributed by atoms with Gasteiger partial charge in [-0.15, -0.1) is 0 Å². The standard InChI is InChI=1S/C19H22Cl2N2O4S/c1-4-13(2)23(19(24)22-18-9-8-15(20)11-17(18)21)12-14-6-5-7-16(10-14)27-28(3,25)26/h5-11,13H,4,12H2,1-3H3,(H,22,24)/t13-/m1/s1. The number of urea groups is 1.